The van der Waals surface area contributed by atoms with Gasteiger partial charge in [-0.25, -0.2) is 14.4 Å². The van der Waals surface area contributed by atoms with Gasteiger partial charge in [-0.2, -0.15) is 0 Å². The molecule has 0 aliphatic heterocycles. The van der Waals surface area contributed by atoms with Crippen LogP contribution < -0.4 is 15.2 Å². The monoisotopic (exact) mass is 583 g/mol. The molecule has 0 bridgehead atoms. The fraction of sp³-hybridized carbons (Fsp3) is 0.655. The first-order valence-corrected chi connectivity index (χ1v) is 13.4. The van der Waals surface area contributed by atoms with E-state index in [0.717, 1.165) is 0 Å². The number of ether oxygens (including phenoxy) is 6. The molecule has 1 aromatic rings. The van der Waals surface area contributed by atoms with E-state index in [1.165, 1.54) is 18.2 Å². The van der Waals surface area contributed by atoms with Gasteiger partial charge in [0.1, 0.15) is 12.1 Å². The molecule has 0 saturated heterocycles. The summed E-state index contributed by atoms with van der Waals surface area (Å²) in [6.07, 6.45) is -4.24. The van der Waals surface area contributed by atoms with Crippen molar-refractivity contribution in [2.75, 3.05) is 13.2 Å². The first kappa shape index (κ1) is 35.5. The SMILES string of the molecule is CC(C)OC(=O)OC(C)C(C)C(c1ccc(OC(=O)OCC(C)(C)C)c(OC(=O)OCC(C)(C)C)c1)[C@H](N)C(=O)O. The Kier molecular flexibility index (Phi) is 12.9. The second-order valence-electron chi connectivity index (χ2n) is 12.6. The fourth-order valence-electron chi connectivity index (χ4n) is 3.45. The maximum Gasteiger partial charge on any atom is 0.513 e. The highest BCUT2D eigenvalue weighted by molar-refractivity contribution is 5.75. The summed E-state index contributed by atoms with van der Waals surface area (Å²) in [6.45, 7) is 17.9. The van der Waals surface area contributed by atoms with Crippen molar-refractivity contribution in [3.05, 3.63) is 23.8 Å². The molecule has 3 unspecified atom stereocenters. The van der Waals surface area contributed by atoms with Crippen molar-refractivity contribution in [2.24, 2.45) is 22.5 Å². The van der Waals surface area contributed by atoms with E-state index in [4.69, 9.17) is 34.2 Å². The molecule has 4 atom stereocenters. The normalized spacial score (nSPS) is 14.7. The van der Waals surface area contributed by atoms with Gasteiger partial charge in [0.2, 0.25) is 0 Å². The predicted octanol–water partition coefficient (Wildman–Crippen LogP) is 5.89. The van der Waals surface area contributed by atoms with E-state index >= 15 is 0 Å². The van der Waals surface area contributed by atoms with Gasteiger partial charge in [-0.15, -0.1) is 0 Å². The second kappa shape index (κ2) is 14.9. The van der Waals surface area contributed by atoms with Crippen molar-refractivity contribution in [3.63, 3.8) is 0 Å². The van der Waals surface area contributed by atoms with E-state index in [1.54, 1.807) is 27.7 Å². The number of hydrogen-bond acceptors (Lipinski definition) is 11. The number of benzene rings is 1. The third-order valence-corrected chi connectivity index (χ3v) is 5.58. The molecule has 1 rings (SSSR count). The molecule has 0 spiro atoms. The average Bonchev–Trinajstić information content (AvgIpc) is 2.81. The van der Waals surface area contributed by atoms with Crippen molar-refractivity contribution < 1.29 is 52.7 Å². The van der Waals surface area contributed by atoms with Gasteiger partial charge < -0.3 is 39.3 Å². The minimum Gasteiger partial charge on any atom is -0.480 e. The van der Waals surface area contributed by atoms with Crippen LogP contribution in [0.25, 0.3) is 0 Å². The highest BCUT2D eigenvalue weighted by Crippen LogP contribution is 2.37. The average molecular weight is 584 g/mol. The lowest BCUT2D eigenvalue weighted by Gasteiger charge is -2.31. The minimum absolute atomic E-state index is 0.0419. The topological polar surface area (TPSA) is 170 Å². The van der Waals surface area contributed by atoms with Crippen LogP contribution in [-0.4, -0.2) is 61.0 Å². The van der Waals surface area contributed by atoms with Gasteiger partial charge in [0.25, 0.3) is 0 Å². The standard InChI is InChI=1S/C29H45NO11/c1-16(2)38-27(35)39-18(4)17(3)22(23(30)24(31)32)19-11-12-20(40-25(33)36-14-28(5,6)7)21(13-19)41-26(34)37-15-29(8,9)10/h11-13,16-18,22-23H,14-15,30H2,1-10H3,(H,31,32)/t17?,18?,22?,23-/m0/s1. The van der Waals surface area contributed by atoms with Gasteiger partial charge in [-0.05, 0) is 49.3 Å². The maximum atomic E-state index is 12.5. The maximum absolute atomic E-state index is 12.5. The lowest BCUT2D eigenvalue weighted by Crippen LogP contribution is -2.42. The molecule has 0 aliphatic rings. The Morgan fingerprint density at radius 1 is 0.780 bits per heavy atom. The number of carboxylic acids is 1. The Balaban J connectivity index is 3.43. The van der Waals surface area contributed by atoms with E-state index in [9.17, 15) is 24.3 Å². The summed E-state index contributed by atoms with van der Waals surface area (Å²) in [7, 11) is 0. The molecule has 0 fully saturated rings. The van der Waals surface area contributed by atoms with E-state index in [1.807, 2.05) is 41.5 Å². The van der Waals surface area contributed by atoms with Crippen LogP contribution in [0.5, 0.6) is 11.5 Å². The second-order valence-corrected chi connectivity index (χ2v) is 12.6. The van der Waals surface area contributed by atoms with Gasteiger partial charge in [0.05, 0.1) is 19.3 Å². The Labute approximate surface area is 241 Å². The zero-order valence-corrected chi connectivity index (χ0v) is 25.6. The Hall–Kier alpha value is -3.54. The largest absolute Gasteiger partial charge is 0.513 e. The molecule has 0 aromatic heterocycles. The Morgan fingerprint density at radius 3 is 1.71 bits per heavy atom. The number of carbonyl (C=O) groups excluding carboxylic acids is 3. The zero-order chi connectivity index (χ0) is 31.7. The third-order valence-electron chi connectivity index (χ3n) is 5.58. The van der Waals surface area contributed by atoms with Crippen molar-refractivity contribution >= 4 is 24.4 Å². The first-order chi connectivity index (χ1) is 18.7. The Bertz CT molecular complexity index is 1060. The lowest BCUT2D eigenvalue weighted by molar-refractivity contribution is -0.139. The van der Waals surface area contributed by atoms with Crippen LogP contribution in [-0.2, 0) is 23.7 Å². The van der Waals surface area contributed by atoms with Crippen LogP contribution in [0.4, 0.5) is 14.4 Å². The van der Waals surface area contributed by atoms with E-state index < -0.39 is 54.5 Å². The molecule has 0 saturated carbocycles. The molecule has 0 amide bonds. The van der Waals surface area contributed by atoms with Gasteiger partial charge in [-0.1, -0.05) is 54.5 Å². The summed E-state index contributed by atoms with van der Waals surface area (Å²) < 4.78 is 31.4. The number of aliphatic carboxylic acids is 1. The number of nitrogens with two attached hydrogens (primary N) is 1. The number of rotatable bonds is 11. The minimum atomic E-state index is -1.44. The highest BCUT2D eigenvalue weighted by Gasteiger charge is 2.36. The van der Waals surface area contributed by atoms with Crippen LogP contribution >= 0.6 is 0 Å². The summed E-state index contributed by atoms with van der Waals surface area (Å²) in [6, 6.07) is 2.69. The number of hydrogen-bond donors (Lipinski definition) is 2. The molecule has 3 N–H and O–H groups in total. The molecule has 12 nitrogen and oxygen atoms in total. The van der Waals surface area contributed by atoms with E-state index in [-0.39, 0.29) is 35.5 Å². The first-order valence-electron chi connectivity index (χ1n) is 13.4. The van der Waals surface area contributed by atoms with Gasteiger partial charge in [0.15, 0.2) is 11.5 Å². The highest BCUT2D eigenvalue weighted by atomic mass is 16.7. The zero-order valence-electron chi connectivity index (χ0n) is 25.6. The molecule has 0 radical (unpaired) electrons. The molecule has 232 valence electrons. The summed E-state index contributed by atoms with van der Waals surface area (Å²) in [5.41, 5.74) is 5.72. The summed E-state index contributed by atoms with van der Waals surface area (Å²) in [5, 5.41) is 9.76. The molecular weight excluding hydrogens is 538 g/mol. The molecule has 12 heteroatoms. The van der Waals surface area contributed by atoms with Crippen LogP contribution in [0.3, 0.4) is 0 Å². The van der Waals surface area contributed by atoms with Gasteiger partial charge in [0, 0.05) is 11.8 Å². The van der Waals surface area contributed by atoms with Crippen molar-refractivity contribution in [3.8, 4) is 11.5 Å². The molecule has 0 heterocycles. The van der Waals surface area contributed by atoms with Gasteiger partial charge in [-0.3, -0.25) is 4.79 Å². The van der Waals surface area contributed by atoms with Crippen molar-refractivity contribution in [2.45, 2.75) is 93.4 Å². The van der Waals surface area contributed by atoms with Gasteiger partial charge >= 0.3 is 24.4 Å². The van der Waals surface area contributed by atoms with Crippen LogP contribution in [0, 0.1) is 16.7 Å². The molecule has 1 aromatic carbocycles. The lowest BCUT2D eigenvalue weighted by atomic mass is 9.79. The number of carboxylic acid groups (broad SMARTS) is 1. The summed E-state index contributed by atoms with van der Waals surface area (Å²) in [5.74, 6) is -3.29. The van der Waals surface area contributed by atoms with E-state index in [0.29, 0.717) is 5.56 Å². The fourth-order valence-corrected chi connectivity index (χ4v) is 3.45. The smallest absolute Gasteiger partial charge is 0.480 e. The molecule has 41 heavy (non-hydrogen) atoms. The number of carbonyl (C=O) groups is 4. The molecular formula is C29H45NO11. The van der Waals surface area contributed by atoms with Crippen LogP contribution in [0.15, 0.2) is 18.2 Å². The van der Waals surface area contributed by atoms with Crippen LogP contribution in [0.1, 0.15) is 80.7 Å². The van der Waals surface area contributed by atoms with E-state index in [2.05, 4.69) is 0 Å². The third kappa shape index (κ3) is 13.1. The Morgan fingerprint density at radius 2 is 1.27 bits per heavy atom. The molecule has 0 aliphatic carbocycles. The summed E-state index contributed by atoms with van der Waals surface area (Å²) in [4.78, 5) is 48.9. The summed E-state index contributed by atoms with van der Waals surface area (Å²) >= 11 is 0. The van der Waals surface area contributed by atoms with Crippen LogP contribution in [0.2, 0.25) is 0 Å². The van der Waals surface area contributed by atoms with Crippen molar-refractivity contribution in [1.29, 1.82) is 0 Å². The quantitative estimate of drug-likeness (QED) is 0.180. The van der Waals surface area contributed by atoms with Crippen molar-refractivity contribution in [1.82, 2.24) is 0 Å². The predicted molar refractivity (Wildman–Crippen MR) is 149 cm³/mol.